The van der Waals surface area contributed by atoms with Gasteiger partial charge in [0.15, 0.2) is 0 Å². The molecule has 0 aromatic carbocycles. The Morgan fingerprint density at radius 2 is 2.50 bits per heavy atom. The van der Waals surface area contributed by atoms with Crippen molar-refractivity contribution >= 4 is 0 Å². The lowest BCUT2D eigenvalue weighted by Crippen LogP contribution is -2.25. The molecule has 10 heavy (non-hydrogen) atoms. The summed E-state index contributed by atoms with van der Waals surface area (Å²) < 4.78 is 0. The van der Waals surface area contributed by atoms with Gasteiger partial charge in [0.05, 0.1) is 0 Å². The van der Waals surface area contributed by atoms with E-state index in [4.69, 9.17) is 0 Å². The van der Waals surface area contributed by atoms with E-state index in [1.54, 1.807) is 5.57 Å². The summed E-state index contributed by atoms with van der Waals surface area (Å²) in [6.07, 6.45) is 7.60. The SMILES string of the molecule is CCC(NC)C1=CCCC1. The number of hydrogen-bond donors (Lipinski definition) is 1. The van der Waals surface area contributed by atoms with E-state index >= 15 is 0 Å². The third kappa shape index (κ3) is 1.60. The van der Waals surface area contributed by atoms with Crippen LogP contribution in [0.5, 0.6) is 0 Å². The van der Waals surface area contributed by atoms with Crippen molar-refractivity contribution in [1.29, 1.82) is 0 Å². The molecule has 1 heteroatoms. The van der Waals surface area contributed by atoms with Crippen molar-refractivity contribution in [2.24, 2.45) is 0 Å². The normalized spacial score (nSPS) is 20.8. The van der Waals surface area contributed by atoms with E-state index in [0.29, 0.717) is 6.04 Å². The van der Waals surface area contributed by atoms with Crippen molar-refractivity contribution in [2.45, 2.75) is 38.6 Å². The van der Waals surface area contributed by atoms with Crippen LogP contribution in [0.3, 0.4) is 0 Å². The number of hydrogen-bond acceptors (Lipinski definition) is 1. The van der Waals surface area contributed by atoms with Crippen LogP contribution in [0.1, 0.15) is 32.6 Å². The zero-order valence-electron chi connectivity index (χ0n) is 6.98. The topological polar surface area (TPSA) is 12.0 Å². The van der Waals surface area contributed by atoms with E-state index in [1.807, 2.05) is 7.05 Å². The lowest BCUT2D eigenvalue weighted by Gasteiger charge is -2.14. The second-order valence-corrected chi connectivity index (χ2v) is 2.92. The van der Waals surface area contributed by atoms with Gasteiger partial charge in [-0.1, -0.05) is 18.6 Å². The molecule has 0 heterocycles. The van der Waals surface area contributed by atoms with Gasteiger partial charge >= 0.3 is 0 Å². The van der Waals surface area contributed by atoms with Gasteiger partial charge in [0.25, 0.3) is 0 Å². The maximum Gasteiger partial charge on any atom is 0.0274 e. The Balaban J connectivity index is 2.44. The summed E-state index contributed by atoms with van der Waals surface area (Å²) in [6.45, 7) is 2.24. The minimum absolute atomic E-state index is 0.655. The molecule has 0 radical (unpaired) electrons. The highest BCUT2D eigenvalue weighted by Crippen LogP contribution is 2.21. The van der Waals surface area contributed by atoms with E-state index in [0.717, 1.165) is 0 Å². The molecular weight excluding hydrogens is 122 g/mol. The van der Waals surface area contributed by atoms with Gasteiger partial charge in [-0.25, -0.2) is 0 Å². The van der Waals surface area contributed by atoms with Crippen molar-refractivity contribution in [1.82, 2.24) is 5.32 Å². The predicted octanol–water partition coefficient (Wildman–Crippen LogP) is 2.09. The summed E-state index contributed by atoms with van der Waals surface area (Å²) in [5, 5.41) is 3.33. The fourth-order valence-corrected chi connectivity index (χ4v) is 1.66. The summed E-state index contributed by atoms with van der Waals surface area (Å²) in [5.41, 5.74) is 1.63. The van der Waals surface area contributed by atoms with Gasteiger partial charge in [-0.15, -0.1) is 0 Å². The number of allylic oxidation sites excluding steroid dienone is 1. The minimum atomic E-state index is 0.655. The van der Waals surface area contributed by atoms with Crippen molar-refractivity contribution in [2.75, 3.05) is 7.05 Å². The first-order chi connectivity index (χ1) is 4.88. The first-order valence-electron chi connectivity index (χ1n) is 4.24. The average molecular weight is 139 g/mol. The second-order valence-electron chi connectivity index (χ2n) is 2.92. The molecule has 0 bridgehead atoms. The van der Waals surface area contributed by atoms with Crippen LogP contribution in [-0.2, 0) is 0 Å². The molecule has 1 aliphatic rings. The third-order valence-electron chi connectivity index (χ3n) is 2.28. The van der Waals surface area contributed by atoms with E-state index < -0.39 is 0 Å². The monoisotopic (exact) mass is 139 g/mol. The summed E-state index contributed by atoms with van der Waals surface area (Å²) in [6, 6.07) is 0.655. The number of likely N-dealkylation sites (N-methyl/N-ethyl adjacent to an activating group) is 1. The van der Waals surface area contributed by atoms with Crippen molar-refractivity contribution < 1.29 is 0 Å². The molecule has 0 aromatic rings. The van der Waals surface area contributed by atoms with E-state index in [9.17, 15) is 0 Å². The highest BCUT2D eigenvalue weighted by Gasteiger charge is 2.12. The largest absolute Gasteiger partial charge is 0.313 e. The number of nitrogens with one attached hydrogen (secondary N) is 1. The summed E-state index contributed by atoms with van der Waals surface area (Å²) in [7, 11) is 2.05. The summed E-state index contributed by atoms with van der Waals surface area (Å²) in [5.74, 6) is 0. The maximum atomic E-state index is 3.33. The molecule has 0 saturated heterocycles. The zero-order valence-corrected chi connectivity index (χ0v) is 6.98. The Bertz CT molecular complexity index is 123. The molecule has 0 amide bonds. The Morgan fingerprint density at radius 1 is 1.70 bits per heavy atom. The lowest BCUT2D eigenvalue weighted by atomic mass is 10.1. The Labute approximate surface area is 63.5 Å². The van der Waals surface area contributed by atoms with Crippen LogP contribution >= 0.6 is 0 Å². The second kappa shape index (κ2) is 3.77. The number of rotatable bonds is 3. The molecule has 0 saturated carbocycles. The van der Waals surface area contributed by atoms with E-state index in [-0.39, 0.29) is 0 Å². The molecule has 1 unspecified atom stereocenters. The van der Waals surface area contributed by atoms with Crippen molar-refractivity contribution in [3.05, 3.63) is 11.6 Å². The molecular formula is C9H17N. The van der Waals surface area contributed by atoms with Crippen LogP contribution in [0.2, 0.25) is 0 Å². The summed E-state index contributed by atoms with van der Waals surface area (Å²) >= 11 is 0. The maximum absolute atomic E-state index is 3.33. The Kier molecular flexibility index (Phi) is 2.94. The van der Waals surface area contributed by atoms with Gasteiger partial charge in [-0.2, -0.15) is 0 Å². The van der Waals surface area contributed by atoms with Crippen LogP contribution in [-0.4, -0.2) is 13.1 Å². The van der Waals surface area contributed by atoms with Gasteiger partial charge in [0, 0.05) is 6.04 Å². The first-order valence-corrected chi connectivity index (χ1v) is 4.24. The van der Waals surface area contributed by atoms with Gasteiger partial charge in [0.1, 0.15) is 0 Å². The molecule has 1 nitrogen and oxygen atoms in total. The quantitative estimate of drug-likeness (QED) is 0.590. The highest BCUT2D eigenvalue weighted by atomic mass is 14.9. The van der Waals surface area contributed by atoms with E-state index in [2.05, 4.69) is 18.3 Å². The Hall–Kier alpha value is -0.300. The fraction of sp³-hybridized carbons (Fsp3) is 0.778. The van der Waals surface area contributed by atoms with Gasteiger partial charge in [-0.05, 0) is 32.7 Å². The standard InChI is InChI=1S/C9H17N/c1-3-9(10-2)8-6-4-5-7-8/h6,9-10H,3-5,7H2,1-2H3. The molecule has 1 atom stereocenters. The van der Waals surface area contributed by atoms with Gasteiger partial charge < -0.3 is 5.32 Å². The van der Waals surface area contributed by atoms with Crippen LogP contribution in [0.25, 0.3) is 0 Å². The molecule has 1 aliphatic carbocycles. The lowest BCUT2D eigenvalue weighted by molar-refractivity contribution is 0.601. The molecule has 0 aromatic heterocycles. The highest BCUT2D eigenvalue weighted by molar-refractivity contribution is 5.14. The molecule has 1 N–H and O–H groups in total. The van der Waals surface area contributed by atoms with Crippen LogP contribution in [0.4, 0.5) is 0 Å². The van der Waals surface area contributed by atoms with Gasteiger partial charge in [0.2, 0.25) is 0 Å². The molecule has 0 aliphatic heterocycles. The molecule has 1 rings (SSSR count). The third-order valence-corrected chi connectivity index (χ3v) is 2.28. The average Bonchev–Trinajstić information content (AvgIpc) is 2.43. The van der Waals surface area contributed by atoms with Gasteiger partial charge in [-0.3, -0.25) is 0 Å². The zero-order chi connectivity index (χ0) is 7.40. The fourth-order valence-electron chi connectivity index (χ4n) is 1.66. The van der Waals surface area contributed by atoms with Crippen molar-refractivity contribution in [3.8, 4) is 0 Å². The van der Waals surface area contributed by atoms with Crippen LogP contribution in [0.15, 0.2) is 11.6 Å². The smallest absolute Gasteiger partial charge is 0.0274 e. The molecule has 58 valence electrons. The van der Waals surface area contributed by atoms with Crippen LogP contribution in [0, 0.1) is 0 Å². The van der Waals surface area contributed by atoms with E-state index in [1.165, 1.54) is 25.7 Å². The predicted molar refractivity (Wildman–Crippen MR) is 45.1 cm³/mol. The van der Waals surface area contributed by atoms with Crippen LogP contribution < -0.4 is 5.32 Å². The summed E-state index contributed by atoms with van der Waals surface area (Å²) in [4.78, 5) is 0. The minimum Gasteiger partial charge on any atom is -0.313 e. The molecule has 0 spiro atoms. The first kappa shape index (κ1) is 7.80. The van der Waals surface area contributed by atoms with Crippen molar-refractivity contribution in [3.63, 3.8) is 0 Å². The Morgan fingerprint density at radius 3 is 2.90 bits per heavy atom. The molecule has 0 fully saturated rings.